The maximum Gasteiger partial charge on any atom is 0.418 e. The number of hydrogen-bond acceptors (Lipinski definition) is 5. The van der Waals surface area contributed by atoms with E-state index in [-0.39, 0.29) is 6.54 Å². The molecule has 0 aromatic heterocycles. The van der Waals surface area contributed by atoms with Crippen LogP contribution in [0.3, 0.4) is 0 Å². The summed E-state index contributed by atoms with van der Waals surface area (Å²) in [6.45, 7) is 0.155. The van der Waals surface area contributed by atoms with Crippen molar-refractivity contribution < 1.29 is 26.8 Å². The molecular formula is C7H11N3O6S. The number of piperidine rings is 1. The highest BCUT2D eigenvalue weighted by Crippen LogP contribution is 2.30. The van der Waals surface area contributed by atoms with Gasteiger partial charge in [0.05, 0.1) is 6.04 Å². The van der Waals surface area contributed by atoms with E-state index in [1.807, 2.05) is 0 Å². The van der Waals surface area contributed by atoms with Crippen molar-refractivity contribution in [3.8, 4) is 0 Å². The van der Waals surface area contributed by atoms with E-state index < -0.39 is 34.4 Å². The maximum atomic E-state index is 11.7. The summed E-state index contributed by atoms with van der Waals surface area (Å²) in [4.78, 5) is 23.9. The zero-order valence-corrected chi connectivity index (χ0v) is 9.46. The molecule has 2 bridgehead atoms. The van der Waals surface area contributed by atoms with Crippen LogP contribution < -0.4 is 5.73 Å². The molecule has 9 nitrogen and oxygen atoms in total. The number of carbonyl (C=O) groups excluding carboxylic acids is 2. The van der Waals surface area contributed by atoms with Crippen LogP contribution in [0.25, 0.3) is 0 Å². The van der Waals surface area contributed by atoms with E-state index >= 15 is 0 Å². The molecule has 2 atom stereocenters. The highest BCUT2D eigenvalue weighted by molar-refractivity contribution is 7.80. The second-order valence-electron chi connectivity index (χ2n) is 3.91. The number of amides is 3. The Balaban J connectivity index is 2.20. The Morgan fingerprint density at radius 3 is 2.65 bits per heavy atom. The van der Waals surface area contributed by atoms with Crippen molar-refractivity contribution in [2.45, 2.75) is 24.9 Å². The number of fused-ring (bicyclic) bond motifs is 2. The Bertz CT molecular complexity index is 462. The van der Waals surface area contributed by atoms with Gasteiger partial charge in [-0.1, -0.05) is 0 Å². The van der Waals surface area contributed by atoms with E-state index in [1.54, 1.807) is 0 Å². The number of hydrogen-bond donors (Lipinski definition) is 2. The lowest BCUT2D eigenvalue weighted by atomic mass is 10.0. The summed E-state index contributed by atoms with van der Waals surface area (Å²) in [6.07, 6.45) is 0.725. The molecule has 0 aromatic rings. The monoisotopic (exact) mass is 265 g/mol. The first-order valence-electron chi connectivity index (χ1n) is 4.86. The smallest absolute Gasteiger partial charge is 0.368 e. The van der Waals surface area contributed by atoms with Crippen LogP contribution in [0.2, 0.25) is 0 Å². The molecule has 0 unspecified atom stereocenters. The maximum absolute atomic E-state index is 11.7. The molecule has 2 heterocycles. The summed E-state index contributed by atoms with van der Waals surface area (Å²) in [5.74, 6) is -0.648. The van der Waals surface area contributed by atoms with Crippen LogP contribution in [0.4, 0.5) is 4.79 Å². The number of primary amides is 1. The topological polar surface area (TPSA) is 130 Å². The standard InChI is InChI=1S/C7H11N3O6S/c8-6(11)5-2-1-4-3-9(5)7(12)10(4)16-17(13,14)15/h4-5H,1-3H2,(H2,8,11)(H,13,14,15)/t4-,5-/m1/s1. The molecule has 0 aromatic carbocycles. The Morgan fingerprint density at radius 1 is 1.47 bits per heavy atom. The van der Waals surface area contributed by atoms with Gasteiger partial charge in [-0.2, -0.15) is 13.5 Å². The first-order valence-corrected chi connectivity index (χ1v) is 6.22. The van der Waals surface area contributed by atoms with Crippen molar-refractivity contribution in [3.63, 3.8) is 0 Å². The molecule has 2 aliphatic rings. The highest BCUT2D eigenvalue weighted by Gasteiger charge is 2.48. The Morgan fingerprint density at radius 2 is 2.12 bits per heavy atom. The van der Waals surface area contributed by atoms with Gasteiger partial charge in [-0.05, 0) is 12.8 Å². The molecule has 2 aliphatic heterocycles. The summed E-state index contributed by atoms with van der Waals surface area (Å²) in [5, 5.41) is 0.568. The van der Waals surface area contributed by atoms with Gasteiger partial charge in [0, 0.05) is 6.54 Å². The molecule has 2 rings (SSSR count). The minimum Gasteiger partial charge on any atom is -0.368 e. The average molecular weight is 265 g/mol. The molecule has 17 heavy (non-hydrogen) atoms. The lowest BCUT2D eigenvalue weighted by molar-refractivity contribution is -0.122. The Hall–Kier alpha value is -1.39. The van der Waals surface area contributed by atoms with E-state index in [0.717, 1.165) is 4.90 Å². The zero-order valence-electron chi connectivity index (χ0n) is 8.64. The molecule has 3 amide bonds. The van der Waals surface area contributed by atoms with Crippen molar-refractivity contribution in [1.29, 1.82) is 0 Å². The summed E-state index contributed by atoms with van der Waals surface area (Å²) >= 11 is 0. The normalized spacial score (nSPS) is 28.6. The third kappa shape index (κ3) is 2.18. The Labute approximate surface area is 97.0 Å². The third-order valence-corrected chi connectivity index (χ3v) is 3.17. The molecule has 0 radical (unpaired) electrons. The fourth-order valence-corrected chi connectivity index (χ4v) is 2.52. The summed E-state index contributed by atoms with van der Waals surface area (Å²) in [6, 6.07) is -2.04. The van der Waals surface area contributed by atoms with Crippen LogP contribution in [0.5, 0.6) is 0 Å². The van der Waals surface area contributed by atoms with Crippen LogP contribution >= 0.6 is 0 Å². The van der Waals surface area contributed by atoms with Gasteiger partial charge in [-0.15, -0.1) is 4.28 Å². The lowest BCUT2D eigenvalue weighted by Gasteiger charge is -2.27. The van der Waals surface area contributed by atoms with Gasteiger partial charge in [0.15, 0.2) is 0 Å². The summed E-state index contributed by atoms with van der Waals surface area (Å²) in [7, 11) is -4.75. The van der Waals surface area contributed by atoms with E-state index in [9.17, 15) is 18.0 Å². The minimum absolute atomic E-state index is 0.155. The quantitative estimate of drug-likeness (QED) is 0.595. The fourth-order valence-electron chi connectivity index (χ4n) is 2.13. The second-order valence-corrected chi connectivity index (χ2v) is 4.92. The van der Waals surface area contributed by atoms with Crippen molar-refractivity contribution >= 4 is 22.3 Å². The number of rotatable bonds is 3. The first-order chi connectivity index (χ1) is 7.79. The van der Waals surface area contributed by atoms with Gasteiger partial charge in [0.2, 0.25) is 5.91 Å². The average Bonchev–Trinajstić information content (AvgIpc) is 2.42. The summed E-state index contributed by atoms with van der Waals surface area (Å²) < 4.78 is 33.8. The van der Waals surface area contributed by atoms with Gasteiger partial charge in [-0.25, -0.2) is 4.79 Å². The first kappa shape index (κ1) is 12.1. The molecule has 2 fully saturated rings. The predicted octanol–water partition coefficient (Wildman–Crippen LogP) is -1.53. The van der Waals surface area contributed by atoms with Crippen molar-refractivity contribution in [1.82, 2.24) is 9.96 Å². The lowest BCUT2D eigenvalue weighted by Crippen LogP contribution is -2.47. The Kier molecular flexibility index (Phi) is 2.72. The van der Waals surface area contributed by atoms with E-state index in [4.69, 9.17) is 10.3 Å². The van der Waals surface area contributed by atoms with Gasteiger partial charge in [-0.3, -0.25) is 9.35 Å². The van der Waals surface area contributed by atoms with Crippen LogP contribution in [-0.4, -0.2) is 53.5 Å². The van der Waals surface area contributed by atoms with Gasteiger partial charge in [0.1, 0.15) is 6.04 Å². The molecule has 2 saturated heterocycles. The predicted molar refractivity (Wildman–Crippen MR) is 52.6 cm³/mol. The molecule has 3 N–H and O–H groups in total. The molecular weight excluding hydrogens is 254 g/mol. The van der Waals surface area contributed by atoms with Crippen LogP contribution in [0.15, 0.2) is 0 Å². The SMILES string of the molecule is NC(=O)[C@H]1CC[C@@H]2CN1C(=O)N2OS(=O)(=O)O. The van der Waals surface area contributed by atoms with Crippen molar-refractivity contribution in [2.75, 3.05) is 6.54 Å². The van der Waals surface area contributed by atoms with Crippen LogP contribution in [0, 0.1) is 0 Å². The number of nitrogens with zero attached hydrogens (tertiary/aromatic N) is 2. The van der Waals surface area contributed by atoms with Crippen molar-refractivity contribution in [3.05, 3.63) is 0 Å². The number of hydroxylamine groups is 2. The fraction of sp³-hybridized carbons (Fsp3) is 0.714. The summed E-state index contributed by atoms with van der Waals surface area (Å²) in [5.41, 5.74) is 5.13. The van der Waals surface area contributed by atoms with Gasteiger partial charge in [0.25, 0.3) is 0 Å². The van der Waals surface area contributed by atoms with Crippen LogP contribution in [0.1, 0.15) is 12.8 Å². The van der Waals surface area contributed by atoms with Gasteiger partial charge < -0.3 is 10.6 Å². The molecule has 0 aliphatic carbocycles. The molecule has 10 heteroatoms. The molecule has 0 spiro atoms. The number of nitrogens with two attached hydrogens (primary N) is 1. The minimum atomic E-state index is -4.75. The van der Waals surface area contributed by atoms with Crippen LogP contribution in [-0.2, 0) is 19.5 Å². The second kappa shape index (κ2) is 3.82. The molecule has 96 valence electrons. The number of urea groups is 1. The highest BCUT2D eigenvalue weighted by atomic mass is 32.3. The van der Waals surface area contributed by atoms with E-state index in [1.165, 1.54) is 0 Å². The third-order valence-electron chi connectivity index (χ3n) is 2.83. The van der Waals surface area contributed by atoms with Crippen molar-refractivity contribution in [2.24, 2.45) is 5.73 Å². The zero-order chi connectivity index (χ0) is 12.8. The molecule has 0 saturated carbocycles. The van der Waals surface area contributed by atoms with Gasteiger partial charge >= 0.3 is 16.4 Å². The van der Waals surface area contributed by atoms with E-state index in [2.05, 4.69) is 4.28 Å². The largest absolute Gasteiger partial charge is 0.418 e. The number of carbonyl (C=O) groups is 2. The van der Waals surface area contributed by atoms with E-state index in [0.29, 0.717) is 17.9 Å².